The maximum atomic E-state index is 12.3. The lowest BCUT2D eigenvalue weighted by atomic mass is 10.1. The monoisotopic (exact) mass is 312 g/mol. The summed E-state index contributed by atoms with van der Waals surface area (Å²) < 4.78 is 26.7. The van der Waals surface area contributed by atoms with Crippen LogP contribution in [0.5, 0.6) is 0 Å². The van der Waals surface area contributed by atoms with Gasteiger partial charge in [0.1, 0.15) is 0 Å². The second-order valence-corrected chi connectivity index (χ2v) is 7.71. The van der Waals surface area contributed by atoms with Crippen molar-refractivity contribution < 1.29 is 13.2 Å². The van der Waals surface area contributed by atoms with Crippen molar-refractivity contribution in [2.45, 2.75) is 25.3 Å². The van der Waals surface area contributed by atoms with Crippen molar-refractivity contribution >= 4 is 15.9 Å². The molecule has 8 heteroatoms. The minimum atomic E-state index is -3.21. The van der Waals surface area contributed by atoms with Crippen molar-refractivity contribution in [2.75, 3.05) is 31.9 Å². The lowest BCUT2D eigenvalue weighted by Crippen LogP contribution is -2.45. The predicted molar refractivity (Wildman–Crippen MR) is 77.1 cm³/mol. The van der Waals surface area contributed by atoms with Crippen LogP contribution in [0, 0.1) is 0 Å². The fourth-order valence-corrected chi connectivity index (χ4v) is 4.48. The fraction of sp³-hybridized carbons (Fsp3) is 0.692. The molecule has 0 N–H and O–H groups in total. The molecule has 3 heterocycles. The number of nitrogens with zero attached hydrogens (tertiary/aromatic N) is 4. The highest BCUT2D eigenvalue weighted by atomic mass is 32.2. The number of carbonyl (C=O) groups excluding carboxylic acids is 1. The highest BCUT2D eigenvalue weighted by Gasteiger charge is 2.32. The molecule has 0 saturated carbocycles. The normalized spacial score (nSPS) is 26.1. The molecule has 21 heavy (non-hydrogen) atoms. The highest BCUT2D eigenvalue weighted by Crippen LogP contribution is 2.21. The highest BCUT2D eigenvalue weighted by molar-refractivity contribution is 7.89. The largest absolute Gasteiger partial charge is 0.339 e. The van der Waals surface area contributed by atoms with Crippen LogP contribution in [0.4, 0.5) is 0 Å². The first kappa shape index (κ1) is 14.5. The SMILES string of the molecule is O=C(CN1CCCS1(=O)=O)N1CCC[C@H](n2cccn2)C1. The van der Waals surface area contributed by atoms with Gasteiger partial charge in [-0.25, -0.2) is 8.42 Å². The average Bonchev–Trinajstić information content (AvgIpc) is 3.10. The van der Waals surface area contributed by atoms with Crippen LogP contribution in [0.2, 0.25) is 0 Å². The van der Waals surface area contributed by atoms with Crippen LogP contribution < -0.4 is 0 Å². The van der Waals surface area contributed by atoms with Crippen LogP contribution in [-0.2, 0) is 14.8 Å². The molecule has 0 unspecified atom stereocenters. The van der Waals surface area contributed by atoms with Crippen molar-refractivity contribution in [2.24, 2.45) is 0 Å². The minimum absolute atomic E-state index is 0.0197. The van der Waals surface area contributed by atoms with Crippen LogP contribution >= 0.6 is 0 Å². The number of sulfonamides is 1. The molecule has 0 aromatic carbocycles. The van der Waals surface area contributed by atoms with Crippen molar-refractivity contribution in [1.29, 1.82) is 0 Å². The van der Waals surface area contributed by atoms with Crippen molar-refractivity contribution in [3.63, 3.8) is 0 Å². The summed E-state index contributed by atoms with van der Waals surface area (Å²) in [5, 5.41) is 4.23. The zero-order valence-electron chi connectivity index (χ0n) is 11.9. The molecule has 0 spiro atoms. The summed E-state index contributed by atoms with van der Waals surface area (Å²) in [6.45, 7) is 1.75. The molecule has 0 radical (unpaired) electrons. The molecule has 0 bridgehead atoms. The number of amides is 1. The number of hydrogen-bond acceptors (Lipinski definition) is 4. The van der Waals surface area contributed by atoms with E-state index in [0.717, 1.165) is 12.8 Å². The maximum absolute atomic E-state index is 12.3. The van der Waals surface area contributed by atoms with Crippen LogP contribution in [-0.4, -0.2) is 65.2 Å². The van der Waals surface area contributed by atoms with E-state index in [2.05, 4.69) is 5.10 Å². The molecule has 116 valence electrons. The smallest absolute Gasteiger partial charge is 0.237 e. The Morgan fingerprint density at radius 3 is 2.81 bits per heavy atom. The van der Waals surface area contributed by atoms with E-state index < -0.39 is 10.0 Å². The van der Waals surface area contributed by atoms with Gasteiger partial charge < -0.3 is 4.90 Å². The first-order valence-electron chi connectivity index (χ1n) is 7.31. The average molecular weight is 312 g/mol. The van der Waals surface area contributed by atoms with Crippen LogP contribution in [0.3, 0.4) is 0 Å². The molecule has 2 saturated heterocycles. The second kappa shape index (κ2) is 5.76. The number of rotatable bonds is 3. The van der Waals surface area contributed by atoms with Gasteiger partial charge in [0.2, 0.25) is 15.9 Å². The van der Waals surface area contributed by atoms with E-state index in [1.165, 1.54) is 4.31 Å². The Morgan fingerprint density at radius 2 is 2.14 bits per heavy atom. The summed E-state index contributed by atoms with van der Waals surface area (Å²) in [5.74, 6) is 0.0632. The molecular weight excluding hydrogens is 292 g/mol. The van der Waals surface area contributed by atoms with Crippen LogP contribution in [0.25, 0.3) is 0 Å². The Balaban J connectivity index is 1.62. The number of hydrogen-bond donors (Lipinski definition) is 0. The first-order chi connectivity index (χ1) is 10.1. The molecular formula is C13H20N4O3S. The number of piperidine rings is 1. The van der Waals surface area contributed by atoms with E-state index in [1.807, 2.05) is 16.9 Å². The third kappa shape index (κ3) is 3.11. The quantitative estimate of drug-likeness (QED) is 0.792. The Kier molecular flexibility index (Phi) is 3.99. The third-order valence-corrected chi connectivity index (χ3v) is 6.07. The molecule has 2 aliphatic heterocycles. The molecule has 2 aliphatic rings. The Hall–Kier alpha value is -1.41. The molecule has 7 nitrogen and oxygen atoms in total. The summed E-state index contributed by atoms with van der Waals surface area (Å²) >= 11 is 0. The number of carbonyl (C=O) groups is 1. The summed E-state index contributed by atoms with van der Waals surface area (Å²) in [6.07, 6.45) is 6.17. The molecule has 0 aliphatic carbocycles. The molecule has 1 amide bonds. The summed E-state index contributed by atoms with van der Waals surface area (Å²) in [7, 11) is -3.21. The fourth-order valence-electron chi connectivity index (χ4n) is 3.01. The van der Waals surface area contributed by atoms with Crippen molar-refractivity contribution in [1.82, 2.24) is 19.0 Å². The Labute approximate surface area is 124 Å². The van der Waals surface area contributed by atoms with E-state index >= 15 is 0 Å². The van der Waals surface area contributed by atoms with Gasteiger partial charge in [0.25, 0.3) is 0 Å². The van der Waals surface area contributed by atoms with Gasteiger partial charge in [0.05, 0.1) is 18.3 Å². The Bertz CT molecular complexity index is 599. The standard InChI is InChI=1S/C13H20N4O3S/c18-13(11-16-7-3-9-21(16,19)20)15-6-1-4-12(10-15)17-8-2-5-14-17/h2,5,8,12H,1,3-4,6-7,9-11H2/t12-/m0/s1. The topological polar surface area (TPSA) is 75.5 Å². The predicted octanol–water partition coefficient (Wildman–Crippen LogP) is 0.0821. The molecule has 1 aromatic rings. The van der Waals surface area contributed by atoms with Gasteiger partial charge in [0.15, 0.2) is 0 Å². The molecule has 1 aromatic heterocycles. The van der Waals surface area contributed by atoms with Gasteiger partial charge in [-0.15, -0.1) is 0 Å². The summed E-state index contributed by atoms with van der Waals surface area (Å²) in [6, 6.07) is 2.06. The molecule has 1 atom stereocenters. The van der Waals surface area contributed by atoms with Crippen LogP contribution in [0.15, 0.2) is 18.5 Å². The van der Waals surface area contributed by atoms with Crippen molar-refractivity contribution in [3.8, 4) is 0 Å². The van der Waals surface area contributed by atoms with E-state index in [-0.39, 0.29) is 24.2 Å². The minimum Gasteiger partial charge on any atom is -0.339 e. The van der Waals surface area contributed by atoms with E-state index in [9.17, 15) is 13.2 Å². The van der Waals surface area contributed by atoms with Gasteiger partial charge in [0, 0.05) is 32.0 Å². The second-order valence-electron chi connectivity index (χ2n) is 5.62. The van der Waals surface area contributed by atoms with Crippen molar-refractivity contribution in [3.05, 3.63) is 18.5 Å². The van der Waals surface area contributed by atoms with E-state index in [1.54, 1.807) is 11.1 Å². The van der Waals surface area contributed by atoms with Gasteiger partial charge in [-0.2, -0.15) is 9.40 Å². The van der Waals surface area contributed by atoms with Gasteiger partial charge in [-0.05, 0) is 25.3 Å². The maximum Gasteiger partial charge on any atom is 0.237 e. The zero-order chi connectivity index (χ0) is 14.9. The van der Waals surface area contributed by atoms with E-state index in [0.29, 0.717) is 26.1 Å². The molecule has 3 rings (SSSR count). The molecule has 2 fully saturated rings. The summed E-state index contributed by atoms with van der Waals surface area (Å²) in [5.41, 5.74) is 0. The van der Waals surface area contributed by atoms with Gasteiger partial charge in [-0.1, -0.05) is 0 Å². The third-order valence-electron chi connectivity index (χ3n) is 4.16. The number of aromatic nitrogens is 2. The Morgan fingerprint density at radius 1 is 1.29 bits per heavy atom. The first-order valence-corrected chi connectivity index (χ1v) is 8.92. The zero-order valence-corrected chi connectivity index (χ0v) is 12.7. The number of likely N-dealkylation sites (tertiary alicyclic amines) is 1. The van der Waals surface area contributed by atoms with Crippen LogP contribution in [0.1, 0.15) is 25.3 Å². The van der Waals surface area contributed by atoms with Gasteiger partial charge in [-0.3, -0.25) is 9.48 Å². The lowest BCUT2D eigenvalue weighted by Gasteiger charge is -2.33. The van der Waals surface area contributed by atoms with E-state index in [4.69, 9.17) is 0 Å². The van der Waals surface area contributed by atoms with Gasteiger partial charge >= 0.3 is 0 Å². The lowest BCUT2D eigenvalue weighted by molar-refractivity contribution is -0.133. The summed E-state index contributed by atoms with van der Waals surface area (Å²) in [4.78, 5) is 14.1.